The van der Waals surface area contributed by atoms with Gasteiger partial charge in [-0.25, -0.2) is 4.98 Å². The second-order valence-corrected chi connectivity index (χ2v) is 5.89. The fraction of sp³-hybridized carbons (Fsp3) is 0.500. The number of rotatable bonds is 5. The van der Waals surface area contributed by atoms with Crippen LogP contribution in [0.3, 0.4) is 0 Å². The summed E-state index contributed by atoms with van der Waals surface area (Å²) in [6.07, 6.45) is 0. The van der Waals surface area contributed by atoms with Gasteiger partial charge in [-0.1, -0.05) is 0 Å². The minimum atomic E-state index is -0.108. The van der Waals surface area contributed by atoms with Crippen LogP contribution in [0.5, 0.6) is 0 Å². The molecule has 0 aliphatic rings. The van der Waals surface area contributed by atoms with Crippen molar-refractivity contribution in [3.8, 4) is 6.07 Å². The molecular formula is C16H21N3O2. The summed E-state index contributed by atoms with van der Waals surface area (Å²) in [5.74, 6) is 0.865. The first-order valence-electron chi connectivity index (χ1n) is 6.96. The van der Waals surface area contributed by atoms with Crippen molar-refractivity contribution in [3.05, 3.63) is 29.6 Å². The number of ether oxygens (including phenoxy) is 2. The summed E-state index contributed by atoms with van der Waals surface area (Å²) in [5.41, 5.74) is 2.36. The number of hydrogen-bond donors (Lipinski definition) is 0. The number of methoxy groups -OCH3 is 1. The van der Waals surface area contributed by atoms with Gasteiger partial charge in [-0.05, 0) is 39.0 Å². The molecule has 2 aromatic rings. The highest BCUT2D eigenvalue weighted by Gasteiger charge is 2.21. The van der Waals surface area contributed by atoms with Crippen LogP contribution in [0.25, 0.3) is 11.0 Å². The van der Waals surface area contributed by atoms with E-state index in [1.54, 1.807) is 7.11 Å². The molecule has 1 aromatic heterocycles. The number of imidazole rings is 1. The maximum absolute atomic E-state index is 9.01. The maximum Gasteiger partial charge on any atom is 0.136 e. The highest BCUT2D eigenvalue weighted by Crippen LogP contribution is 2.26. The first-order valence-corrected chi connectivity index (χ1v) is 6.96. The predicted octanol–water partition coefficient (Wildman–Crippen LogP) is 2.83. The molecule has 0 saturated heterocycles. The molecular weight excluding hydrogens is 266 g/mol. The van der Waals surface area contributed by atoms with Crippen molar-refractivity contribution in [2.45, 2.75) is 32.9 Å². The van der Waals surface area contributed by atoms with Gasteiger partial charge in [0.2, 0.25) is 0 Å². The van der Waals surface area contributed by atoms with Crippen LogP contribution in [0.4, 0.5) is 0 Å². The van der Waals surface area contributed by atoms with E-state index in [4.69, 9.17) is 14.7 Å². The zero-order valence-electron chi connectivity index (χ0n) is 13.0. The fourth-order valence-electron chi connectivity index (χ4n) is 2.35. The third kappa shape index (κ3) is 3.41. The van der Waals surface area contributed by atoms with Gasteiger partial charge in [-0.3, -0.25) is 0 Å². The van der Waals surface area contributed by atoms with Crippen LogP contribution in [0.15, 0.2) is 18.2 Å². The standard InChI is InChI=1S/C16H21N3O2/c1-16(2,3)19-14-6-5-12(10-17)9-13(14)18-15(19)11-21-8-7-20-4/h5-6,9H,7-8,11H2,1-4H3. The summed E-state index contributed by atoms with van der Waals surface area (Å²) >= 11 is 0. The Hall–Kier alpha value is -1.90. The largest absolute Gasteiger partial charge is 0.382 e. The molecule has 0 unspecified atom stereocenters. The summed E-state index contributed by atoms with van der Waals surface area (Å²) in [7, 11) is 1.65. The molecule has 112 valence electrons. The topological polar surface area (TPSA) is 60.1 Å². The third-order valence-corrected chi connectivity index (χ3v) is 3.19. The van der Waals surface area contributed by atoms with E-state index in [2.05, 4.69) is 36.4 Å². The number of nitrogens with zero attached hydrogens (tertiary/aromatic N) is 3. The highest BCUT2D eigenvalue weighted by molar-refractivity contribution is 5.78. The Balaban J connectivity index is 2.40. The number of benzene rings is 1. The molecule has 0 bridgehead atoms. The summed E-state index contributed by atoms with van der Waals surface area (Å²) in [4.78, 5) is 4.63. The van der Waals surface area contributed by atoms with Crippen molar-refractivity contribution in [1.29, 1.82) is 5.26 Å². The molecule has 0 spiro atoms. The fourth-order valence-corrected chi connectivity index (χ4v) is 2.35. The number of nitriles is 1. The molecule has 1 heterocycles. The van der Waals surface area contributed by atoms with Crippen LogP contribution in [-0.2, 0) is 21.6 Å². The Labute approximate surface area is 125 Å². The number of fused-ring (bicyclic) bond motifs is 1. The molecule has 0 N–H and O–H groups in total. The lowest BCUT2D eigenvalue weighted by Gasteiger charge is -2.24. The smallest absolute Gasteiger partial charge is 0.136 e. The van der Waals surface area contributed by atoms with Gasteiger partial charge in [0.15, 0.2) is 0 Å². The van der Waals surface area contributed by atoms with Crippen LogP contribution in [-0.4, -0.2) is 29.9 Å². The normalized spacial score (nSPS) is 11.8. The van der Waals surface area contributed by atoms with Gasteiger partial charge in [-0.2, -0.15) is 5.26 Å². The molecule has 21 heavy (non-hydrogen) atoms. The molecule has 0 amide bonds. The van der Waals surface area contributed by atoms with Crippen LogP contribution in [0.2, 0.25) is 0 Å². The molecule has 0 saturated carbocycles. The van der Waals surface area contributed by atoms with Gasteiger partial charge < -0.3 is 14.0 Å². The zero-order chi connectivity index (χ0) is 15.5. The third-order valence-electron chi connectivity index (χ3n) is 3.19. The van der Waals surface area contributed by atoms with Gasteiger partial charge in [0.05, 0.1) is 35.9 Å². The van der Waals surface area contributed by atoms with Gasteiger partial charge in [0, 0.05) is 12.6 Å². The lowest BCUT2D eigenvalue weighted by Crippen LogP contribution is -2.24. The Morgan fingerprint density at radius 2 is 2.05 bits per heavy atom. The molecule has 0 atom stereocenters. The summed E-state index contributed by atoms with van der Waals surface area (Å²) in [6.45, 7) is 7.92. The quantitative estimate of drug-likeness (QED) is 0.793. The minimum absolute atomic E-state index is 0.108. The van der Waals surface area contributed by atoms with Crippen LogP contribution in [0.1, 0.15) is 32.2 Å². The highest BCUT2D eigenvalue weighted by atomic mass is 16.5. The minimum Gasteiger partial charge on any atom is -0.382 e. The molecule has 1 aromatic carbocycles. The number of aromatic nitrogens is 2. The molecule has 5 nitrogen and oxygen atoms in total. The van der Waals surface area contributed by atoms with E-state index in [0.29, 0.717) is 25.4 Å². The van der Waals surface area contributed by atoms with Gasteiger partial charge in [-0.15, -0.1) is 0 Å². The van der Waals surface area contributed by atoms with Crippen molar-refractivity contribution in [3.63, 3.8) is 0 Å². The first-order chi connectivity index (χ1) is 9.97. The van der Waals surface area contributed by atoms with Crippen molar-refractivity contribution in [1.82, 2.24) is 9.55 Å². The SMILES string of the molecule is COCCOCc1nc2cc(C#N)ccc2n1C(C)(C)C. The monoisotopic (exact) mass is 287 g/mol. The average Bonchev–Trinajstić information content (AvgIpc) is 2.80. The second-order valence-electron chi connectivity index (χ2n) is 5.89. The maximum atomic E-state index is 9.01. The Morgan fingerprint density at radius 3 is 2.67 bits per heavy atom. The Bertz CT molecular complexity index is 662. The molecule has 2 rings (SSSR count). The first kappa shape index (κ1) is 15.5. The summed E-state index contributed by atoms with van der Waals surface area (Å²) < 4.78 is 12.7. The average molecular weight is 287 g/mol. The van der Waals surface area contributed by atoms with Crippen LogP contribution in [0, 0.1) is 11.3 Å². The van der Waals surface area contributed by atoms with Crippen molar-refractivity contribution in [2.24, 2.45) is 0 Å². The van der Waals surface area contributed by atoms with Crippen molar-refractivity contribution < 1.29 is 9.47 Å². The predicted molar refractivity (Wildman–Crippen MR) is 81.0 cm³/mol. The molecule has 0 aliphatic heterocycles. The van der Waals surface area contributed by atoms with E-state index in [1.165, 1.54) is 0 Å². The lowest BCUT2D eigenvalue weighted by atomic mass is 10.1. The van der Waals surface area contributed by atoms with Gasteiger partial charge in [0.1, 0.15) is 12.4 Å². The van der Waals surface area contributed by atoms with Crippen LogP contribution < -0.4 is 0 Å². The Morgan fingerprint density at radius 1 is 1.29 bits per heavy atom. The second kappa shape index (κ2) is 6.25. The Kier molecular flexibility index (Phi) is 4.61. The molecule has 0 aliphatic carbocycles. The summed E-state index contributed by atoms with van der Waals surface area (Å²) in [5, 5.41) is 9.01. The molecule has 0 fully saturated rings. The van der Waals surface area contributed by atoms with Gasteiger partial charge in [0.25, 0.3) is 0 Å². The van der Waals surface area contributed by atoms with E-state index in [1.807, 2.05) is 18.2 Å². The lowest BCUT2D eigenvalue weighted by molar-refractivity contribution is 0.0561. The van der Waals surface area contributed by atoms with E-state index in [0.717, 1.165) is 16.9 Å². The van der Waals surface area contributed by atoms with Crippen LogP contribution >= 0.6 is 0 Å². The van der Waals surface area contributed by atoms with Crippen molar-refractivity contribution in [2.75, 3.05) is 20.3 Å². The van der Waals surface area contributed by atoms with Gasteiger partial charge >= 0.3 is 0 Å². The summed E-state index contributed by atoms with van der Waals surface area (Å²) in [6, 6.07) is 7.74. The van der Waals surface area contributed by atoms with E-state index in [9.17, 15) is 0 Å². The molecule has 0 radical (unpaired) electrons. The van der Waals surface area contributed by atoms with E-state index in [-0.39, 0.29) is 5.54 Å². The zero-order valence-corrected chi connectivity index (χ0v) is 13.0. The number of hydrogen-bond acceptors (Lipinski definition) is 4. The van der Waals surface area contributed by atoms with E-state index >= 15 is 0 Å². The van der Waals surface area contributed by atoms with E-state index < -0.39 is 0 Å². The van der Waals surface area contributed by atoms with Crippen molar-refractivity contribution >= 4 is 11.0 Å². The molecule has 5 heteroatoms.